The van der Waals surface area contributed by atoms with Crippen molar-refractivity contribution in [2.24, 2.45) is 0 Å². The molecule has 0 radical (unpaired) electrons. The number of rotatable bonds is 7. The van der Waals surface area contributed by atoms with Gasteiger partial charge in [0.05, 0.1) is 18.0 Å². The Morgan fingerprint density at radius 1 is 1.37 bits per heavy atom. The van der Waals surface area contributed by atoms with Crippen molar-refractivity contribution < 1.29 is 9.53 Å². The van der Waals surface area contributed by atoms with E-state index < -0.39 is 0 Å². The van der Waals surface area contributed by atoms with Gasteiger partial charge in [0.25, 0.3) is 0 Å². The second kappa shape index (κ2) is 7.63. The Morgan fingerprint density at radius 2 is 2.05 bits per heavy atom. The molecule has 0 spiro atoms. The van der Waals surface area contributed by atoms with Crippen molar-refractivity contribution in [1.29, 1.82) is 0 Å². The highest BCUT2D eigenvalue weighted by Gasteiger charge is 2.13. The van der Waals surface area contributed by atoms with Crippen molar-refractivity contribution in [3.8, 4) is 0 Å². The Labute approximate surface area is 114 Å². The first kappa shape index (κ1) is 15.3. The Bertz CT molecular complexity index is 407. The number of hydrogen-bond acceptors (Lipinski definition) is 4. The van der Waals surface area contributed by atoms with E-state index >= 15 is 0 Å². The molecule has 0 aliphatic carbocycles. The van der Waals surface area contributed by atoms with Crippen LogP contribution in [0.4, 0.5) is 11.4 Å². The van der Waals surface area contributed by atoms with Crippen molar-refractivity contribution in [2.45, 2.75) is 13.0 Å². The summed E-state index contributed by atoms with van der Waals surface area (Å²) >= 11 is 0. The van der Waals surface area contributed by atoms with Crippen LogP contribution in [0.15, 0.2) is 24.3 Å². The summed E-state index contributed by atoms with van der Waals surface area (Å²) in [7, 11) is 5.56. The fourth-order valence-corrected chi connectivity index (χ4v) is 1.71. The van der Waals surface area contributed by atoms with Gasteiger partial charge >= 0.3 is 0 Å². The molecule has 0 fully saturated rings. The third-order valence-corrected chi connectivity index (χ3v) is 2.76. The molecule has 0 heterocycles. The molecule has 1 rings (SSSR count). The molecule has 106 valence electrons. The summed E-state index contributed by atoms with van der Waals surface area (Å²) in [6, 6.07) is 7.61. The predicted molar refractivity (Wildman–Crippen MR) is 78.7 cm³/mol. The standard InChI is InChI=1S/C14H23N3O2/c1-11(14(18)15-9-10-19-4)16-12-7-5-6-8-13(12)17(2)3/h5-8,11,16H,9-10H2,1-4H3,(H,15,18). The number of nitrogens with zero attached hydrogens (tertiary/aromatic N) is 1. The molecule has 0 saturated heterocycles. The molecule has 0 aliphatic rings. The van der Waals surface area contributed by atoms with Crippen LogP contribution in [0, 0.1) is 0 Å². The van der Waals surface area contributed by atoms with E-state index in [1.54, 1.807) is 7.11 Å². The Hall–Kier alpha value is -1.75. The second-order valence-electron chi connectivity index (χ2n) is 4.56. The number of carbonyl (C=O) groups excluding carboxylic acids is 1. The van der Waals surface area contributed by atoms with Crippen LogP contribution in [0.2, 0.25) is 0 Å². The average molecular weight is 265 g/mol. The van der Waals surface area contributed by atoms with Crippen molar-refractivity contribution in [2.75, 3.05) is 44.6 Å². The van der Waals surface area contributed by atoms with Crippen LogP contribution >= 0.6 is 0 Å². The molecule has 5 nitrogen and oxygen atoms in total. The molecule has 0 bridgehead atoms. The monoisotopic (exact) mass is 265 g/mol. The molecule has 0 aliphatic heterocycles. The van der Waals surface area contributed by atoms with Gasteiger partial charge in [-0.15, -0.1) is 0 Å². The Kier molecular flexibility index (Phi) is 6.15. The number of carbonyl (C=O) groups is 1. The fraction of sp³-hybridized carbons (Fsp3) is 0.500. The predicted octanol–water partition coefficient (Wildman–Crippen LogP) is 1.32. The number of anilines is 2. The summed E-state index contributed by atoms with van der Waals surface area (Å²) in [6.07, 6.45) is 0. The molecule has 0 aromatic heterocycles. The number of amides is 1. The van der Waals surface area contributed by atoms with Crippen LogP contribution in [-0.4, -0.2) is 46.3 Å². The first-order valence-electron chi connectivity index (χ1n) is 6.35. The lowest BCUT2D eigenvalue weighted by Gasteiger charge is -2.21. The van der Waals surface area contributed by atoms with Crippen LogP contribution in [0.3, 0.4) is 0 Å². The van der Waals surface area contributed by atoms with Crippen LogP contribution < -0.4 is 15.5 Å². The van der Waals surface area contributed by atoms with Gasteiger partial charge in [0, 0.05) is 27.7 Å². The highest BCUT2D eigenvalue weighted by atomic mass is 16.5. The van der Waals surface area contributed by atoms with E-state index in [0.29, 0.717) is 13.2 Å². The zero-order valence-corrected chi connectivity index (χ0v) is 12.1. The van der Waals surface area contributed by atoms with Gasteiger partial charge in [-0.3, -0.25) is 4.79 Å². The quantitative estimate of drug-likeness (QED) is 0.730. The summed E-state index contributed by atoms with van der Waals surface area (Å²) in [6.45, 7) is 2.89. The number of hydrogen-bond donors (Lipinski definition) is 2. The van der Waals surface area contributed by atoms with Gasteiger partial charge < -0.3 is 20.3 Å². The van der Waals surface area contributed by atoms with Crippen LogP contribution in [0.25, 0.3) is 0 Å². The summed E-state index contributed by atoms with van der Waals surface area (Å²) in [5, 5.41) is 6.04. The number of ether oxygens (including phenoxy) is 1. The molecule has 0 saturated carbocycles. The van der Waals surface area contributed by atoms with Gasteiger partial charge in [-0.05, 0) is 19.1 Å². The normalized spacial score (nSPS) is 11.8. The SMILES string of the molecule is COCCNC(=O)C(C)Nc1ccccc1N(C)C. The third kappa shape index (κ3) is 4.79. The zero-order valence-electron chi connectivity index (χ0n) is 12.1. The van der Waals surface area contributed by atoms with Gasteiger partial charge in [-0.25, -0.2) is 0 Å². The van der Waals surface area contributed by atoms with Crippen LogP contribution in [-0.2, 0) is 9.53 Å². The summed E-state index contributed by atoms with van der Waals surface area (Å²) in [4.78, 5) is 13.9. The van der Waals surface area contributed by atoms with E-state index in [1.807, 2.05) is 50.2 Å². The lowest BCUT2D eigenvalue weighted by atomic mass is 10.2. The number of para-hydroxylation sites is 2. The minimum absolute atomic E-state index is 0.0365. The fourth-order valence-electron chi connectivity index (χ4n) is 1.71. The molecule has 1 atom stereocenters. The van der Waals surface area contributed by atoms with Crippen LogP contribution in [0.1, 0.15) is 6.92 Å². The first-order chi connectivity index (χ1) is 9.06. The largest absolute Gasteiger partial charge is 0.383 e. The van der Waals surface area contributed by atoms with E-state index in [0.717, 1.165) is 11.4 Å². The maximum Gasteiger partial charge on any atom is 0.242 e. The molecule has 1 amide bonds. The Balaban J connectivity index is 2.61. The van der Waals surface area contributed by atoms with Gasteiger partial charge in [0.2, 0.25) is 5.91 Å². The second-order valence-corrected chi connectivity index (χ2v) is 4.56. The topological polar surface area (TPSA) is 53.6 Å². The van der Waals surface area contributed by atoms with Crippen molar-refractivity contribution in [3.05, 3.63) is 24.3 Å². The lowest BCUT2D eigenvalue weighted by molar-refractivity contribution is -0.121. The summed E-state index contributed by atoms with van der Waals surface area (Å²) < 4.78 is 4.90. The van der Waals surface area contributed by atoms with E-state index in [2.05, 4.69) is 10.6 Å². The summed E-state index contributed by atoms with van der Waals surface area (Å²) in [5.74, 6) is -0.0365. The van der Waals surface area contributed by atoms with E-state index in [4.69, 9.17) is 4.74 Å². The molecule has 1 unspecified atom stereocenters. The molecule has 2 N–H and O–H groups in total. The minimum atomic E-state index is -0.294. The highest BCUT2D eigenvalue weighted by molar-refractivity contribution is 5.85. The zero-order chi connectivity index (χ0) is 14.3. The van der Waals surface area contributed by atoms with Gasteiger partial charge in [0.15, 0.2) is 0 Å². The molecule has 1 aromatic rings. The van der Waals surface area contributed by atoms with Crippen LogP contribution in [0.5, 0.6) is 0 Å². The van der Waals surface area contributed by atoms with Crippen molar-refractivity contribution in [3.63, 3.8) is 0 Å². The first-order valence-corrected chi connectivity index (χ1v) is 6.35. The minimum Gasteiger partial charge on any atom is -0.383 e. The molecule has 5 heteroatoms. The smallest absolute Gasteiger partial charge is 0.242 e. The highest BCUT2D eigenvalue weighted by Crippen LogP contribution is 2.23. The van der Waals surface area contributed by atoms with E-state index in [9.17, 15) is 4.79 Å². The maximum atomic E-state index is 11.9. The molecular weight excluding hydrogens is 242 g/mol. The number of nitrogens with one attached hydrogen (secondary N) is 2. The van der Waals surface area contributed by atoms with Crippen molar-refractivity contribution in [1.82, 2.24) is 5.32 Å². The molecule has 1 aromatic carbocycles. The number of methoxy groups -OCH3 is 1. The average Bonchev–Trinajstić information content (AvgIpc) is 2.39. The maximum absolute atomic E-state index is 11.9. The summed E-state index contributed by atoms with van der Waals surface area (Å²) in [5.41, 5.74) is 2.00. The van der Waals surface area contributed by atoms with Gasteiger partial charge in [0.1, 0.15) is 6.04 Å². The number of benzene rings is 1. The molecular formula is C14H23N3O2. The lowest BCUT2D eigenvalue weighted by Crippen LogP contribution is -2.39. The van der Waals surface area contributed by atoms with Crippen molar-refractivity contribution >= 4 is 17.3 Å². The van der Waals surface area contributed by atoms with Gasteiger partial charge in [-0.2, -0.15) is 0 Å². The van der Waals surface area contributed by atoms with Gasteiger partial charge in [-0.1, -0.05) is 12.1 Å². The molecule has 19 heavy (non-hydrogen) atoms. The Morgan fingerprint density at radius 3 is 2.68 bits per heavy atom. The van der Waals surface area contributed by atoms with E-state index in [1.165, 1.54) is 0 Å². The van der Waals surface area contributed by atoms with E-state index in [-0.39, 0.29) is 11.9 Å². The third-order valence-electron chi connectivity index (χ3n) is 2.76.